The van der Waals surface area contributed by atoms with Crippen LogP contribution in [0.2, 0.25) is 0 Å². The Balaban J connectivity index is -0.000000144. The van der Waals surface area contributed by atoms with E-state index in [9.17, 15) is 38.4 Å². The van der Waals surface area contributed by atoms with Crippen LogP contribution in [0.25, 0.3) is 0 Å². The molecule has 82 heavy (non-hydrogen) atoms. The molecule has 0 aromatic heterocycles. The van der Waals surface area contributed by atoms with Crippen molar-refractivity contribution >= 4 is 47.8 Å². The zero-order valence-electron chi connectivity index (χ0n) is 48.5. The summed E-state index contributed by atoms with van der Waals surface area (Å²) in [6.07, 6.45) is 21.1. The van der Waals surface area contributed by atoms with Gasteiger partial charge in [0.1, 0.15) is 35.6 Å². The van der Waals surface area contributed by atoms with Crippen molar-refractivity contribution < 1.29 is 76.3 Å². The zero-order chi connectivity index (χ0) is 56.2. The van der Waals surface area contributed by atoms with E-state index in [-0.39, 0.29) is 169 Å². The molecular formula is C66H132O16. The molecule has 4 saturated carbocycles. The summed E-state index contributed by atoms with van der Waals surface area (Å²) < 4.78 is 42.1. The van der Waals surface area contributed by atoms with E-state index in [1.807, 2.05) is 90.0 Å². The van der Waals surface area contributed by atoms with Gasteiger partial charge in [0.2, 0.25) is 0 Å². The summed E-state index contributed by atoms with van der Waals surface area (Å²) in [5, 5.41) is 0. The van der Waals surface area contributed by atoms with Crippen molar-refractivity contribution in [1.29, 1.82) is 0 Å². The fourth-order valence-corrected chi connectivity index (χ4v) is 8.75. The number of carbonyl (C=O) groups is 8. The van der Waals surface area contributed by atoms with Crippen LogP contribution in [0.5, 0.6) is 0 Å². The predicted molar refractivity (Wildman–Crippen MR) is 335 cm³/mol. The lowest BCUT2D eigenvalue weighted by molar-refractivity contribution is -0.173. The fourth-order valence-electron chi connectivity index (χ4n) is 8.75. The first kappa shape index (κ1) is 94.1. The molecule has 0 radical (unpaired) electrons. The van der Waals surface area contributed by atoms with Crippen molar-refractivity contribution in [2.45, 2.75) is 333 Å². The van der Waals surface area contributed by atoms with Crippen LogP contribution in [-0.2, 0) is 76.3 Å². The number of rotatable bonds is 24. The molecule has 4 aliphatic rings. The zero-order valence-corrected chi connectivity index (χ0v) is 48.5. The van der Waals surface area contributed by atoms with E-state index in [1.165, 1.54) is 0 Å². The summed E-state index contributed by atoms with van der Waals surface area (Å²) in [5.41, 5.74) is -2.25. The molecule has 0 amide bonds. The average Bonchev–Trinajstić information content (AvgIpc) is 4.22. The second-order valence-corrected chi connectivity index (χ2v) is 22.8. The van der Waals surface area contributed by atoms with Gasteiger partial charge in [0.05, 0.1) is 35.5 Å². The summed E-state index contributed by atoms with van der Waals surface area (Å²) in [5.74, 6) is -2.82. The van der Waals surface area contributed by atoms with Crippen molar-refractivity contribution in [1.82, 2.24) is 0 Å². The minimum absolute atomic E-state index is 0. The number of carbonyl (C=O) groups excluding carboxylic acids is 8. The SMILES string of the molecule is C.C.C.C.C.C.C.C.CCC(C)(C)C(=O)OCCC(=O)OC1(C)CCCC1.CCC(C)C(=O)OCC(=O)OC1(CC)CCCC1.CCC(C)C(=O)OCCC(=O)OC1(C)CCCC1.CCC1(OC(=O)COC(=O)C(C)(C)CC)CCCC1. The summed E-state index contributed by atoms with van der Waals surface area (Å²) >= 11 is 0. The monoisotopic (exact) mass is 1180 g/mol. The lowest BCUT2D eigenvalue weighted by Crippen LogP contribution is -2.34. The topological polar surface area (TPSA) is 210 Å². The van der Waals surface area contributed by atoms with E-state index >= 15 is 0 Å². The molecule has 0 aromatic carbocycles. The highest BCUT2D eigenvalue weighted by Gasteiger charge is 2.38. The Hall–Kier alpha value is -4.24. The molecular weight excluding hydrogens is 1050 g/mol. The number of hydrogen-bond donors (Lipinski definition) is 0. The van der Waals surface area contributed by atoms with Gasteiger partial charge in [0.15, 0.2) is 13.2 Å². The highest BCUT2D eigenvalue weighted by atomic mass is 16.6. The molecule has 0 heterocycles. The predicted octanol–water partition coefficient (Wildman–Crippen LogP) is 17.2. The van der Waals surface area contributed by atoms with Gasteiger partial charge in [0, 0.05) is 0 Å². The summed E-state index contributed by atoms with van der Waals surface area (Å²) in [6, 6.07) is 0. The van der Waals surface area contributed by atoms with Gasteiger partial charge in [-0.15, -0.1) is 0 Å². The highest BCUT2D eigenvalue weighted by Crippen LogP contribution is 2.38. The van der Waals surface area contributed by atoms with Gasteiger partial charge in [-0.25, -0.2) is 9.59 Å². The first-order valence-electron chi connectivity index (χ1n) is 28.2. The van der Waals surface area contributed by atoms with Crippen LogP contribution in [0.4, 0.5) is 0 Å². The Bertz CT molecular complexity index is 1740. The molecule has 16 heteroatoms. The summed E-state index contributed by atoms with van der Waals surface area (Å²) in [6.45, 7) is 26.3. The molecule has 2 atom stereocenters. The maximum atomic E-state index is 11.8. The first-order valence-corrected chi connectivity index (χ1v) is 28.2. The molecule has 0 N–H and O–H groups in total. The minimum Gasteiger partial charge on any atom is -0.465 e. The van der Waals surface area contributed by atoms with Gasteiger partial charge in [-0.2, -0.15) is 0 Å². The van der Waals surface area contributed by atoms with Crippen molar-refractivity contribution in [3.8, 4) is 0 Å². The second-order valence-electron chi connectivity index (χ2n) is 22.8. The lowest BCUT2D eigenvalue weighted by atomic mass is 9.91. The third-order valence-corrected chi connectivity index (χ3v) is 15.7. The fraction of sp³-hybridized carbons (Fsp3) is 0.879. The molecule has 0 bridgehead atoms. The van der Waals surface area contributed by atoms with Crippen molar-refractivity contribution in [3.63, 3.8) is 0 Å². The normalized spacial score (nSPS) is 16.9. The van der Waals surface area contributed by atoms with E-state index < -0.39 is 22.8 Å². The molecule has 4 fully saturated rings. The Kier molecular flexibility index (Phi) is 52.9. The van der Waals surface area contributed by atoms with E-state index in [2.05, 4.69) is 0 Å². The van der Waals surface area contributed by atoms with E-state index in [0.29, 0.717) is 19.3 Å². The van der Waals surface area contributed by atoms with Crippen LogP contribution in [0, 0.1) is 22.7 Å². The van der Waals surface area contributed by atoms with Crippen molar-refractivity contribution in [2.24, 2.45) is 22.7 Å². The van der Waals surface area contributed by atoms with E-state index in [4.69, 9.17) is 37.9 Å². The quantitative estimate of drug-likeness (QED) is 0.0650. The minimum atomic E-state index is -0.546. The van der Waals surface area contributed by atoms with Gasteiger partial charge in [-0.3, -0.25) is 28.8 Å². The van der Waals surface area contributed by atoms with Crippen molar-refractivity contribution in [2.75, 3.05) is 26.4 Å². The molecule has 4 rings (SSSR count). The van der Waals surface area contributed by atoms with Gasteiger partial charge in [-0.1, -0.05) is 115 Å². The highest BCUT2D eigenvalue weighted by molar-refractivity contribution is 5.80. The second kappa shape index (κ2) is 46.1. The maximum Gasteiger partial charge on any atom is 0.344 e. The van der Waals surface area contributed by atoms with Gasteiger partial charge >= 0.3 is 47.8 Å². The Labute approximate surface area is 504 Å². The lowest BCUT2D eigenvalue weighted by Gasteiger charge is -2.28. The van der Waals surface area contributed by atoms with E-state index in [1.54, 1.807) is 6.92 Å². The molecule has 2 unspecified atom stereocenters. The first-order chi connectivity index (χ1) is 34.6. The van der Waals surface area contributed by atoms with E-state index in [0.717, 1.165) is 122 Å². The van der Waals surface area contributed by atoms with Gasteiger partial charge in [-0.05, 0) is 183 Å². The molecule has 0 aliphatic heterocycles. The Morgan fingerprint density at radius 3 is 0.976 bits per heavy atom. The Morgan fingerprint density at radius 1 is 0.390 bits per heavy atom. The number of ether oxygens (including phenoxy) is 8. The molecule has 0 spiro atoms. The van der Waals surface area contributed by atoms with Crippen LogP contribution in [0.1, 0.15) is 310 Å². The molecule has 4 aliphatic carbocycles. The smallest absolute Gasteiger partial charge is 0.344 e. The Morgan fingerprint density at radius 2 is 0.671 bits per heavy atom. The largest absolute Gasteiger partial charge is 0.465 e. The van der Waals surface area contributed by atoms with Gasteiger partial charge in [0.25, 0.3) is 0 Å². The standard InChI is InChI=1S/2C15H26O4.2C14H24O4.8CH4/c1-5-14(2,3)13(17)18-11-8-12(16)19-15(4)9-6-7-10-15;1-5-14(3,4)13(17)18-11-12(16)19-15(6-2)9-7-8-10-15;1-4-11(2)13(16)17-10-7-12(15)18-14(3)8-5-6-9-14;1-4-11(3)13(16)17-10-12(15)18-14(5-2)8-6-7-9-14;;;;;;;;/h2*5-11H2,1-4H3;2*11H,4-10H2,1-3H3;8*1H4. The van der Waals surface area contributed by atoms with Crippen molar-refractivity contribution in [3.05, 3.63) is 0 Å². The van der Waals surface area contributed by atoms with Gasteiger partial charge < -0.3 is 37.9 Å². The average molecular weight is 1180 g/mol. The van der Waals surface area contributed by atoms with Crippen LogP contribution < -0.4 is 0 Å². The van der Waals surface area contributed by atoms with Crippen LogP contribution in [0.15, 0.2) is 0 Å². The number of esters is 8. The number of hydrogen-bond acceptors (Lipinski definition) is 16. The summed E-state index contributed by atoms with van der Waals surface area (Å²) in [4.78, 5) is 93.1. The third kappa shape index (κ3) is 35.1. The molecule has 0 saturated heterocycles. The van der Waals surface area contributed by atoms with Crippen LogP contribution in [-0.4, -0.2) is 96.6 Å². The van der Waals surface area contributed by atoms with Crippen LogP contribution in [0.3, 0.4) is 0 Å². The maximum absolute atomic E-state index is 11.8. The van der Waals surface area contributed by atoms with Crippen LogP contribution >= 0.6 is 0 Å². The molecule has 0 aromatic rings. The third-order valence-electron chi connectivity index (χ3n) is 15.7. The molecule has 16 nitrogen and oxygen atoms in total. The molecule has 492 valence electrons. The summed E-state index contributed by atoms with van der Waals surface area (Å²) in [7, 11) is 0.